The average molecular weight is 1410 g/mol. The van der Waals surface area contributed by atoms with Gasteiger partial charge in [-0.05, 0) is 259 Å². The van der Waals surface area contributed by atoms with Crippen LogP contribution in [0.1, 0.15) is 267 Å². The van der Waals surface area contributed by atoms with Crippen LogP contribution in [0.3, 0.4) is 0 Å². The van der Waals surface area contributed by atoms with E-state index in [4.69, 9.17) is 54.5 Å². The molecule has 19 nitrogen and oxygen atoms in total. The third kappa shape index (κ3) is 46.4. The monoisotopic (exact) mass is 1410 g/mol. The Hall–Kier alpha value is -6.79. The normalized spacial score (nSPS) is 12.2. The summed E-state index contributed by atoms with van der Waals surface area (Å²) in [6.45, 7) is 54.5. The Morgan fingerprint density at radius 2 is 0.475 bits per heavy atom. The van der Waals surface area contributed by atoms with Crippen molar-refractivity contribution in [2.75, 3.05) is 0 Å². The summed E-state index contributed by atoms with van der Waals surface area (Å²) in [5.41, 5.74) is 0.0806. The minimum Gasteiger partial charge on any atom is -0.292 e. The van der Waals surface area contributed by atoms with Crippen molar-refractivity contribution in [2.45, 2.75) is 281 Å². The first-order valence-corrected chi connectivity index (χ1v) is 34.1. The summed E-state index contributed by atoms with van der Waals surface area (Å²) in [6, 6.07) is 55.0. The van der Waals surface area contributed by atoms with Gasteiger partial charge in [-0.1, -0.05) is 159 Å². The topological polar surface area (TPSA) is 221 Å². The van der Waals surface area contributed by atoms with Gasteiger partial charge in [-0.3, -0.25) is 15.4 Å². The van der Waals surface area contributed by atoms with Crippen molar-refractivity contribution in [3.8, 4) is 0 Å². The Morgan fingerprint density at radius 3 is 0.693 bits per heavy atom. The molecule has 0 aliphatic carbocycles. The predicted molar refractivity (Wildman–Crippen MR) is 396 cm³/mol. The maximum Gasteiger partial charge on any atom is 0.386 e. The summed E-state index contributed by atoms with van der Waals surface area (Å²) in [7, 11) is 0. The molecule has 6 rings (SSSR count). The van der Waals surface area contributed by atoms with E-state index in [1.165, 1.54) is 0 Å². The fourth-order valence-electron chi connectivity index (χ4n) is 6.49. The van der Waals surface area contributed by atoms with Gasteiger partial charge in [0.2, 0.25) is 0 Å². The van der Waals surface area contributed by atoms with Crippen LogP contribution in [0.4, 0.5) is 0 Å². The SMILES string of the molecule is CC(C)(C)OO.CC(C)(C)OOC(=O)c1ccccc1.CC(C)(C)OOC(C)(C)CCC(C)(C)OOC(C)(C)C.CC(C)(OO)c1ccccc1.CC(C)(OOC(C)(C)c1ccccc1)c1ccccc1.CCC(C)(C)OOC(C)(C)CC.O=C(OOC(=O)c1ccccc1)c1ccccc1. The summed E-state index contributed by atoms with van der Waals surface area (Å²) in [5.74, 6) is -1.89. The first-order valence-electron chi connectivity index (χ1n) is 34.1. The van der Waals surface area contributed by atoms with Crippen LogP contribution in [0.2, 0.25) is 0 Å². The second-order valence-electron chi connectivity index (χ2n) is 31.5. The number of hydrogen-bond donors (Lipinski definition) is 2. The van der Waals surface area contributed by atoms with E-state index in [2.05, 4.69) is 38.3 Å². The van der Waals surface area contributed by atoms with Gasteiger partial charge in [0.25, 0.3) is 0 Å². The molecular weight excluding hydrogens is 1290 g/mol. The third-order valence-corrected chi connectivity index (χ3v) is 13.5. The number of carbonyl (C=O) groups is 3. The molecule has 101 heavy (non-hydrogen) atoms. The molecule has 2 N–H and O–H groups in total. The molecule has 0 heterocycles. The number of carbonyl (C=O) groups excluding carboxylic acids is 3. The van der Waals surface area contributed by atoms with E-state index in [1.54, 1.807) is 106 Å². The zero-order chi connectivity index (χ0) is 77.6. The van der Waals surface area contributed by atoms with Crippen LogP contribution in [-0.4, -0.2) is 73.2 Å². The van der Waals surface area contributed by atoms with Crippen molar-refractivity contribution in [1.82, 2.24) is 0 Å². The average Bonchev–Trinajstić information content (AvgIpc) is 0.831. The molecule has 0 amide bonds. The van der Waals surface area contributed by atoms with Gasteiger partial charge in [0.15, 0.2) is 0 Å². The van der Waals surface area contributed by atoms with E-state index in [-0.39, 0.29) is 33.6 Å². The predicted octanol–water partition coefficient (Wildman–Crippen LogP) is 21.8. The smallest absolute Gasteiger partial charge is 0.292 e. The first-order chi connectivity index (χ1) is 46.4. The second kappa shape index (κ2) is 44.0. The fourth-order valence-corrected chi connectivity index (χ4v) is 6.49. The van der Waals surface area contributed by atoms with Crippen LogP contribution in [0.15, 0.2) is 182 Å². The lowest BCUT2D eigenvalue weighted by Gasteiger charge is -2.33. The fraction of sp³-hybridized carbons (Fsp3) is 0.524. The molecule has 6 aromatic rings. The van der Waals surface area contributed by atoms with Crippen LogP contribution in [0.5, 0.6) is 0 Å². The van der Waals surface area contributed by atoms with E-state index >= 15 is 0 Å². The highest BCUT2D eigenvalue weighted by Gasteiger charge is 2.32. The molecule has 6 aromatic carbocycles. The zero-order valence-corrected chi connectivity index (χ0v) is 66.0. The van der Waals surface area contributed by atoms with Crippen LogP contribution >= 0.6 is 0 Å². The Kier molecular flexibility index (Phi) is 41.0. The Labute approximate surface area is 605 Å². The van der Waals surface area contributed by atoms with E-state index < -0.39 is 45.9 Å². The van der Waals surface area contributed by atoms with Crippen LogP contribution in [0.25, 0.3) is 0 Å². The van der Waals surface area contributed by atoms with E-state index in [0.29, 0.717) is 16.7 Å². The molecule has 0 radical (unpaired) electrons. The standard InChI is InChI=1S/C18H22O2.C16H34O4.C14H10O4.C11H14O3.C10H22O2.C9H12O2.C4H10O2/c1-17(2,15-11-7-5-8-12-15)19-20-18(3,4)16-13-9-6-10-14-16;1-13(2,3)17-19-15(7,8)11-12-16(9,10)20-18-14(4,5)6;15-13(11-7-3-1-4-8-11)17-18-14(16)12-9-5-2-6-10-12;1-11(2,3)14-13-10(12)9-7-5-4-6-8-9;1-7-9(3,4)11-12-10(5,6)8-2;1-9(2,11-10)8-6-4-3-5-7-8;1-4(2,3)6-5/h5-14H,1-4H3;11-12H2,1-10H3;1-10H;4-8H,1-3H3;7-8H2,1-6H3;3-7,10H,1-2H3;5H,1-3H3. The highest BCUT2D eigenvalue weighted by atomic mass is 17.2. The largest absolute Gasteiger partial charge is 0.386 e. The van der Waals surface area contributed by atoms with Gasteiger partial charge in [0.1, 0.15) is 22.4 Å². The minimum absolute atomic E-state index is 0.174. The molecule has 0 bridgehead atoms. The number of benzene rings is 6. The summed E-state index contributed by atoms with van der Waals surface area (Å²) in [5, 5.41) is 16.5. The van der Waals surface area contributed by atoms with Crippen LogP contribution < -0.4 is 0 Å². The Morgan fingerprint density at radius 1 is 0.257 bits per heavy atom. The zero-order valence-electron chi connectivity index (χ0n) is 66.0. The minimum atomic E-state index is -0.708. The van der Waals surface area contributed by atoms with Gasteiger partial charge in [-0.2, -0.15) is 4.89 Å². The van der Waals surface area contributed by atoms with Crippen LogP contribution in [-0.2, 0) is 85.2 Å². The summed E-state index contributed by atoms with van der Waals surface area (Å²) in [4.78, 5) is 105. The number of hydrogen-bond acceptors (Lipinski definition) is 19. The molecule has 0 fully saturated rings. The van der Waals surface area contributed by atoms with Gasteiger partial charge in [-0.15, -0.1) is 0 Å². The van der Waals surface area contributed by atoms with E-state index in [1.807, 2.05) is 256 Å². The molecule has 0 saturated carbocycles. The van der Waals surface area contributed by atoms with E-state index in [0.717, 1.165) is 42.4 Å². The lowest BCUT2D eigenvalue weighted by atomic mass is 9.94. The van der Waals surface area contributed by atoms with Gasteiger partial charge in [0, 0.05) is 0 Å². The van der Waals surface area contributed by atoms with Gasteiger partial charge < -0.3 is 0 Å². The van der Waals surface area contributed by atoms with Crippen molar-refractivity contribution in [1.29, 1.82) is 0 Å². The van der Waals surface area contributed by atoms with Gasteiger partial charge >= 0.3 is 17.9 Å². The number of rotatable bonds is 23. The van der Waals surface area contributed by atoms with Crippen molar-refractivity contribution in [2.24, 2.45) is 0 Å². The molecular formula is C82H124O19. The molecule has 0 aliphatic rings. The van der Waals surface area contributed by atoms with Crippen molar-refractivity contribution >= 4 is 17.9 Å². The summed E-state index contributed by atoms with van der Waals surface area (Å²) >= 11 is 0. The summed E-state index contributed by atoms with van der Waals surface area (Å²) < 4.78 is 0. The molecule has 0 saturated heterocycles. The molecule has 566 valence electrons. The molecule has 0 unspecified atom stereocenters. The summed E-state index contributed by atoms with van der Waals surface area (Å²) in [6.07, 6.45) is 3.52. The molecule has 0 aromatic heterocycles. The van der Waals surface area contributed by atoms with Gasteiger partial charge in [-0.25, -0.2) is 73.0 Å². The second-order valence-corrected chi connectivity index (χ2v) is 31.5. The van der Waals surface area contributed by atoms with Gasteiger partial charge in [0.05, 0.1) is 55.9 Å². The molecule has 19 heteroatoms. The Bertz CT molecular complexity index is 2990. The third-order valence-electron chi connectivity index (χ3n) is 13.5. The Balaban J connectivity index is 0.00000118. The first kappa shape index (κ1) is 94.2. The maximum absolute atomic E-state index is 11.5. The quantitative estimate of drug-likeness (QED) is 0.0450. The highest BCUT2D eigenvalue weighted by Crippen LogP contribution is 2.32. The molecule has 0 atom stereocenters. The van der Waals surface area contributed by atoms with Crippen molar-refractivity contribution < 1.29 is 93.3 Å². The van der Waals surface area contributed by atoms with Crippen LogP contribution in [0, 0.1) is 0 Å². The van der Waals surface area contributed by atoms with Crippen molar-refractivity contribution in [3.63, 3.8) is 0 Å². The molecule has 0 aliphatic heterocycles. The lowest BCUT2D eigenvalue weighted by molar-refractivity contribution is -0.410. The lowest BCUT2D eigenvalue weighted by Crippen LogP contribution is -2.35. The maximum atomic E-state index is 11.5. The van der Waals surface area contributed by atoms with E-state index in [9.17, 15) is 14.4 Å². The highest BCUT2D eigenvalue weighted by molar-refractivity contribution is 5.92. The van der Waals surface area contributed by atoms with Crippen molar-refractivity contribution in [3.05, 3.63) is 215 Å². The molecule has 0 spiro atoms.